The van der Waals surface area contributed by atoms with Crippen molar-refractivity contribution in [2.75, 3.05) is 26.2 Å². The summed E-state index contributed by atoms with van der Waals surface area (Å²) in [6, 6.07) is 21.9. The van der Waals surface area contributed by atoms with E-state index < -0.39 is 0 Å². The first-order chi connectivity index (χ1) is 16.1. The van der Waals surface area contributed by atoms with Gasteiger partial charge in [0.05, 0.1) is 0 Å². The number of carbonyl (C=O) groups excluding carboxylic acids is 2. The number of amides is 2. The van der Waals surface area contributed by atoms with E-state index in [0.717, 1.165) is 58.2 Å². The van der Waals surface area contributed by atoms with E-state index in [1.807, 2.05) is 0 Å². The van der Waals surface area contributed by atoms with Crippen LogP contribution < -0.4 is 10.6 Å². The Labute approximate surface area is 199 Å². The molecule has 5 nitrogen and oxygen atoms in total. The maximum absolute atomic E-state index is 12.3. The minimum atomic E-state index is 0.00902. The smallest absolute Gasteiger partial charge is 0.220 e. The monoisotopic (exact) mass is 449 g/mol. The van der Waals surface area contributed by atoms with E-state index in [4.69, 9.17) is 0 Å². The Bertz CT molecular complexity index is 793. The SMILES string of the molecule is CC(=O)NCCCCCC(=O)NC1CCN(CCC(c2ccccc2)c2ccccc2)CC1. The molecular formula is C28H39N3O2. The van der Waals surface area contributed by atoms with Crippen LogP contribution in [-0.2, 0) is 9.59 Å². The van der Waals surface area contributed by atoms with Crippen LogP contribution in [0, 0.1) is 0 Å². The maximum Gasteiger partial charge on any atom is 0.220 e. The van der Waals surface area contributed by atoms with Gasteiger partial charge in [-0.05, 0) is 49.8 Å². The van der Waals surface area contributed by atoms with Crippen LogP contribution in [-0.4, -0.2) is 48.9 Å². The molecule has 0 aromatic heterocycles. The fraction of sp³-hybridized carbons (Fsp3) is 0.500. The molecule has 1 heterocycles. The lowest BCUT2D eigenvalue weighted by Gasteiger charge is -2.33. The van der Waals surface area contributed by atoms with Gasteiger partial charge in [-0.25, -0.2) is 0 Å². The van der Waals surface area contributed by atoms with Crippen molar-refractivity contribution in [3.8, 4) is 0 Å². The Kier molecular flexibility index (Phi) is 10.4. The fourth-order valence-corrected chi connectivity index (χ4v) is 4.66. The van der Waals surface area contributed by atoms with Crippen LogP contribution in [0.1, 0.15) is 68.9 Å². The molecule has 1 aliphatic heterocycles. The molecule has 2 aromatic carbocycles. The summed E-state index contributed by atoms with van der Waals surface area (Å²) < 4.78 is 0. The van der Waals surface area contributed by atoms with Crippen LogP contribution in [0.4, 0.5) is 0 Å². The average Bonchev–Trinajstić information content (AvgIpc) is 2.84. The highest BCUT2D eigenvalue weighted by Crippen LogP contribution is 2.28. The molecule has 3 rings (SSSR count). The van der Waals surface area contributed by atoms with Crippen molar-refractivity contribution >= 4 is 11.8 Å². The van der Waals surface area contributed by atoms with Gasteiger partial charge in [-0.2, -0.15) is 0 Å². The first-order valence-electron chi connectivity index (χ1n) is 12.5. The Morgan fingerprint density at radius 2 is 1.52 bits per heavy atom. The fourth-order valence-electron chi connectivity index (χ4n) is 4.66. The van der Waals surface area contributed by atoms with E-state index >= 15 is 0 Å². The van der Waals surface area contributed by atoms with E-state index in [9.17, 15) is 9.59 Å². The maximum atomic E-state index is 12.3. The standard InChI is InChI=1S/C28H39N3O2/c1-23(32)29-19-10-4-9-15-28(33)30-26-16-20-31(21-17-26)22-18-27(24-11-5-2-6-12-24)25-13-7-3-8-14-25/h2-3,5-8,11-14,26-27H,4,9-10,15-22H2,1H3,(H,29,32)(H,30,33). The summed E-state index contributed by atoms with van der Waals surface area (Å²) in [5.74, 6) is 0.589. The predicted octanol–water partition coefficient (Wildman–Crippen LogP) is 4.49. The third-order valence-corrected chi connectivity index (χ3v) is 6.55. The van der Waals surface area contributed by atoms with Crippen molar-refractivity contribution in [3.63, 3.8) is 0 Å². The summed E-state index contributed by atoms with van der Waals surface area (Å²) in [6.45, 7) is 5.38. The molecule has 0 saturated carbocycles. The molecule has 0 aliphatic carbocycles. The van der Waals surface area contributed by atoms with E-state index in [-0.39, 0.29) is 11.8 Å². The highest BCUT2D eigenvalue weighted by Gasteiger charge is 2.22. The molecule has 0 spiro atoms. The lowest BCUT2D eigenvalue weighted by atomic mass is 9.88. The zero-order valence-corrected chi connectivity index (χ0v) is 20.0. The Morgan fingerprint density at radius 1 is 0.909 bits per heavy atom. The summed E-state index contributed by atoms with van der Waals surface area (Å²) in [6.07, 6.45) is 6.50. The minimum Gasteiger partial charge on any atom is -0.356 e. The minimum absolute atomic E-state index is 0.00902. The van der Waals surface area contributed by atoms with Crippen molar-refractivity contribution < 1.29 is 9.59 Å². The molecular weight excluding hydrogens is 410 g/mol. The number of benzene rings is 2. The van der Waals surface area contributed by atoms with Crippen molar-refractivity contribution in [3.05, 3.63) is 71.8 Å². The number of rotatable bonds is 12. The lowest BCUT2D eigenvalue weighted by molar-refractivity contribution is -0.122. The molecule has 5 heteroatoms. The number of unbranched alkanes of at least 4 members (excludes halogenated alkanes) is 2. The molecule has 0 radical (unpaired) electrons. The van der Waals surface area contributed by atoms with Gasteiger partial charge >= 0.3 is 0 Å². The zero-order chi connectivity index (χ0) is 23.3. The van der Waals surface area contributed by atoms with Crippen molar-refractivity contribution in [1.82, 2.24) is 15.5 Å². The molecule has 178 valence electrons. The molecule has 0 atom stereocenters. The van der Waals surface area contributed by atoms with Crippen molar-refractivity contribution in [1.29, 1.82) is 0 Å². The van der Waals surface area contributed by atoms with Gasteiger partial charge in [-0.15, -0.1) is 0 Å². The van der Waals surface area contributed by atoms with E-state index in [1.165, 1.54) is 18.1 Å². The first kappa shape index (κ1) is 25.0. The van der Waals surface area contributed by atoms with Crippen LogP contribution in [0.3, 0.4) is 0 Å². The molecule has 2 N–H and O–H groups in total. The Balaban J connectivity index is 1.36. The van der Waals surface area contributed by atoms with Crippen molar-refractivity contribution in [2.24, 2.45) is 0 Å². The predicted molar refractivity (Wildman–Crippen MR) is 134 cm³/mol. The van der Waals surface area contributed by atoms with Crippen LogP contribution in [0.25, 0.3) is 0 Å². The van der Waals surface area contributed by atoms with Gasteiger partial charge in [0.1, 0.15) is 0 Å². The summed E-state index contributed by atoms with van der Waals surface area (Å²) in [5, 5.41) is 6.02. The number of hydrogen-bond donors (Lipinski definition) is 2. The lowest BCUT2D eigenvalue weighted by Crippen LogP contribution is -2.45. The van der Waals surface area contributed by atoms with Gasteiger partial charge in [-0.1, -0.05) is 67.1 Å². The van der Waals surface area contributed by atoms with Crippen LogP contribution in [0.5, 0.6) is 0 Å². The number of piperidine rings is 1. The zero-order valence-electron chi connectivity index (χ0n) is 20.0. The molecule has 1 aliphatic rings. The van der Waals surface area contributed by atoms with Crippen LogP contribution in [0.2, 0.25) is 0 Å². The van der Waals surface area contributed by atoms with Gasteiger partial charge in [0.15, 0.2) is 0 Å². The summed E-state index contributed by atoms with van der Waals surface area (Å²) >= 11 is 0. The largest absolute Gasteiger partial charge is 0.356 e. The number of hydrogen-bond acceptors (Lipinski definition) is 3. The van der Waals surface area contributed by atoms with Gasteiger partial charge < -0.3 is 15.5 Å². The van der Waals surface area contributed by atoms with Crippen LogP contribution in [0.15, 0.2) is 60.7 Å². The number of likely N-dealkylation sites (tertiary alicyclic amines) is 1. The third kappa shape index (κ3) is 9.01. The highest BCUT2D eigenvalue weighted by molar-refractivity contribution is 5.76. The quantitative estimate of drug-likeness (QED) is 0.470. The van der Waals surface area contributed by atoms with E-state index in [2.05, 4.69) is 76.2 Å². The second kappa shape index (κ2) is 13.8. The average molecular weight is 450 g/mol. The summed E-state index contributed by atoms with van der Waals surface area (Å²) in [7, 11) is 0. The Morgan fingerprint density at radius 3 is 2.09 bits per heavy atom. The van der Waals surface area contributed by atoms with E-state index in [1.54, 1.807) is 0 Å². The molecule has 33 heavy (non-hydrogen) atoms. The van der Waals surface area contributed by atoms with Crippen molar-refractivity contribution in [2.45, 2.75) is 63.8 Å². The van der Waals surface area contributed by atoms with Gasteiger partial charge in [0, 0.05) is 44.9 Å². The molecule has 1 saturated heterocycles. The molecule has 1 fully saturated rings. The second-order valence-corrected chi connectivity index (χ2v) is 9.14. The topological polar surface area (TPSA) is 61.4 Å². The Hall–Kier alpha value is -2.66. The van der Waals surface area contributed by atoms with Gasteiger partial charge in [0.25, 0.3) is 0 Å². The number of nitrogens with zero attached hydrogens (tertiary/aromatic N) is 1. The number of nitrogens with one attached hydrogen (secondary N) is 2. The van der Waals surface area contributed by atoms with Gasteiger partial charge in [0.2, 0.25) is 11.8 Å². The van der Waals surface area contributed by atoms with Gasteiger partial charge in [-0.3, -0.25) is 9.59 Å². The highest BCUT2D eigenvalue weighted by atomic mass is 16.2. The molecule has 0 unspecified atom stereocenters. The molecule has 2 aromatic rings. The third-order valence-electron chi connectivity index (χ3n) is 6.55. The molecule has 0 bridgehead atoms. The second-order valence-electron chi connectivity index (χ2n) is 9.14. The summed E-state index contributed by atoms with van der Waals surface area (Å²) in [4.78, 5) is 25.7. The molecule has 2 amide bonds. The summed E-state index contributed by atoms with van der Waals surface area (Å²) in [5.41, 5.74) is 2.76. The number of carbonyl (C=O) groups is 2. The first-order valence-corrected chi connectivity index (χ1v) is 12.5. The van der Waals surface area contributed by atoms with E-state index in [0.29, 0.717) is 24.9 Å². The van der Waals surface area contributed by atoms with Crippen LogP contribution >= 0.6 is 0 Å². The normalized spacial score (nSPS) is 14.8.